The van der Waals surface area contributed by atoms with Crippen molar-refractivity contribution in [3.63, 3.8) is 0 Å². The zero-order valence-electron chi connectivity index (χ0n) is 9.40. The Balaban J connectivity index is 1.91. The Labute approximate surface area is 94.7 Å². The van der Waals surface area contributed by atoms with Crippen molar-refractivity contribution in [2.45, 2.75) is 32.6 Å². The Morgan fingerprint density at radius 3 is 3.19 bits per heavy atom. The number of nitrogens with zero attached hydrogens (tertiary/aromatic N) is 1. The van der Waals surface area contributed by atoms with Crippen LogP contribution in [0.25, 0.3) is 0 Å². The number of carbonyl (C=O) groups excluding carboxylic acids is 1. The summed E-state index contributed by atoms with van der Waals surface area (Å²) >= 11 is 0. The fraction of sp³-hybridized carbons (Fsp3) is 0.500. The zero-order valence-corrected chi connectivity index (χ0v) is 9.40. The van der Waals surface area contributed by atoms with E-state index in [1.165, 1.54) is 12.7 Å². The predicted molar refractivity (Wildman–Crippen MR) is 61.2 cm³/mol. The summed E-state index contributed by atoms with van der Waals surface area (Å²) in [4.78, 5) is 11.5. The predicted octanol–water partition coefficient (Wildman–Crippen LogP) is 2.58. The highest BCUT2D eigenvalue weighted by atomic mass is 16.3. The minimum atomic E-state index is -0.282. The standard InChI is InChI=1S/C12H16N2O2/c1-9-4-2-5-10(8-9)13-14-12(15)11-6-3-7-16-11/h3,6-7,9H,2,4-5,8H2,1H3,(H,14,15)/b13-10-/t9-/m1/s1. The van der Waals surface area contributed by atoms with Gasteiger partial charge in [0, 0.05) is 5.71 Å². The molecule has 16 heavy (non-hydrogen) atoms. The molecule has 0 radical (unpaired) electrons. The third-order valence-electron chi connectivity index (χ3n) is 2.81. The van der Waals surface area contributed by atoms with Crippen LogP contribution in [0.4, 0.5) is 0 Å². The second-order valence-corrected chi connectivity index (χ2v) is 4.30. The normalized spacial score (nSPS) is 23.3. The summed E-state index contributed by atoms with van der Waals surface area (Å²) < 4.78 is 4.97. The van der Waals surface area contributed by atoms with Gasteiger partial charge in [0.05, 0.1) is 6.26 Å². The first kappa shape index (κ1) is 10.9. The van der Waals surface area contributed by atoms with Gasteiger partial charge in [0.15, 0.2) is 5.76 Å². The van der Waals surface area contributed by atoms with Crippen molar-refractivity contribution in [3.05, 3.63) is 24.2 Å². The van der Waals surface area contributed by atoms with Crippen molar-refractivity contribution in [2.24, 2.45) is 11.0 Å². The molecule has 4 nitrogen and oxygen atoms in total. The molecule has 0 aliphatic heterocycles. The molecular weight excluding hydrogens is 204 g/mol. The van der Waals surface area contributed by atoms with E-state index in [0.29, 0.717) is 11.7 Å². The minimum Gasteiger partial charge on any atom is -0.459 e. The molecule has 0 bridgehead atoms. The molecule has 1 aliphatic rings. The average Bonchev–Trinajstić information content (AvgIpc) is 2.79. The molecule has 1 aliphatic carbocycles. The zero-order chi connectivity index (χ0) is 11.4. The van der Waals surface area contributed by atoms with Crippen LogP contribution in [0.1, 0.15) is 43.2 Å². The van der Waals surface area contributed by atoms with E-state index >= 15 is 0 Å². The maximum atomic E-state index is 11.5. The van der Waals surface area contributed by atoms with E-state index in [0.717, 1.165) is 25.0 Å². The first-order chi connectivity index (χ1) is 7.75. The summed E-state index contributed by atoms with van der Waals surface area (Å²) in [6.07, 6.45) is 5.87. The number of rotatable bonds is 2. The van der Waals surface area contributed by atoms with Gasteiger partial charge in [0.2, 0.25) is 0 Å². The van der Waals surface area contributed by atoms with Gasteiger partial charge in [-0.1, -0.05) is 6.92 Å². The summed E-state index contributed by atoms with van der Waals surface area (Å²) in [6.45, 7) is 2.21. The van der Waals surface area contributed by atoms with Gasteiger partial charge < -0.3 is 4.42 Å². The van der Waals surface area contributed by atoms with Gasteiger partial charge in [-0.05, 0) is 43.7 Å². The third kappa shape index (κ3) is 2.72. The highest BCUT2D eigenvalue weighted by molar-refractivity contribution is 5.93. The Bertz CT molecular complexity index is 382. The summed E-state index contributed by atoms with van der Waals surface area (Å²) in [5.74, 6) is 0.692. The SMILES string of the molecule is C[C@@H]1CCC/C(=N/NC(=O)c2ccco2)C1. The van der Waals surface area contributed by atoms with Gasteiger partial charge in [0.25, 0.3) is 0 Å². The van der Waals surface area contributed by atoms with Crippen molar-refractivity contribution >= 4 is 11.6 Å². The fourth-order valence-corrected chi connectivity index (χ4v) is 1.96. The lowest BCUT2D eigenvalue weighted by molar-refractivity contribution is 0.0927. The third-order valence-corrected chi connectivity index (χ3v) is 2.81. The molecule has 1 N–H and O–H groups in total. The smallest absolute Gasteiger partial charge is 0.307 e. The van der Waals surface area contributed by atoms with Crippen LogP contribution in [0.3, 0.4) is 0 Å². The van der Waals surface area contributed by atoms with Gasteiger partial charge in [-0.3, -0.25) is 4.79 Å². The minimum absolute atomic E-state index is 0.282. The van der Waals surface area contributed by atoms with E-state index in [4.69, 9.17) is 4.42 Å². The number of amides is 1. The van der Waals surface area contributed by atoms with Gasteiger partial charge in [-0.15, -0.1) is 0 Å². The molecule has 1 aromatic heterocycles. The van der Waals surface area contributed by atoms with E-state index in [1.54, 1.807) is 12.1 Å². The van der Waals surface area contributed by atoms with Crippen LogP contribution in [0.2, 0.25) is 0 Å². The highest BCUT2D eigenvalue weighted by Crippen LogP contribution is 2.20. The number of hydrogen-bond donors (Lipinski definition) is 1. The molecule has 1 fully saturated rings. The number of nitrogens with one attached hydrogen (secondary N) is 1. The second kappa shape index (κ2) is 4.96. The summed E-state index contributed by atoms with van der Waals surface area (Å²) in [5.41, 5.74) is 3.61. The lowest BCUT2D eigenvalue weighted by Crippen LogP contribution is -2.21. The molecule has 1 saturated carbocycles. The van der Waals surface area contributed by atoms with Crippen LogP contribution in [-0.4, -0.2) is 11.6 Å². The van der Waals surface area contributed by atoms with Crippen LogP contribution in [-0.2, 0) is 0 Å². The number of hydrazone groups is 1. The van der Waals surface area contributed by atoms with E-state index in [2.05, 4.69) is 17.5 Å². The summed E-state index contributed by atoms with van der Waals surface area (Å²) in [7, 11) is 0. The molecule has 1 heterocycles. The van der Waals surface area contributed by atoms with Crippen LogP contribution in [0.15, 0.2) is 27.9 Å². The summed E-state index contributed by atoms with van der Waals surface area (Å²) in [6, 6.07) is 3.31. The van der Waals surface area contributed by atoms with Crippen LogP contribution < -0.4 is 5.43 Å². The fourth-order valence-electron chi connectivity index (χ4n) is 1.96. The molecular formula is C12H16N2O2. The molecule has 0 saturated heterocycles. The highest BCUT2D eigenvalue weighted by Gasteiger charge is 2.14. The Kier molecular flexibility index (Phi) is 3.39. The van der Waals surface area contributed by atoms with E-state index in [9.17, 15) is 4.79 Å². The first-order valence-corrected chi connectivity index (χ1v) is 5.65. The van der Waals surface area contributed by atoms with Crippen LogP contribution >= 0.6 is 0 Å². The van der Waals surface area contributed by atoms with E-state index < -0.39 is 0 Å². The topological polar surface area (TPSA) is 54.6 Å². The Morgan fingerprint density at radius 2 is 2.50 bits per heavy atom. The molecule has 0 spiro atoms. The quantitative estimate of drug-likeness (QED) is 0.779. The lowest BCUT2D eigenvalue weighted by Gasteiger charge is -2.18. The van der Waals surface area contributed by atoms with Gasteiger partial charge in [-0.25, -0.2) is 5.43 Å². The van der Waals surface area contributed by atoms with Gasteiger partial charge >= 0.3 is 5.91 Å². The second-order valence-electron chi connectivity index (χ2n) is 4.30. The Hall–Kier alpha value is -1.58. The largest absolute Gasteiger partial charge is 0.459 e. The Morgan fingerprint density at radius 1 is 1.62 bits per heavy atom. The lowest BCUT2D eigenvalue weighted by atomic mass is 9.89. The first-order valence-electron chi connectivity index (χ1n) is 5.65. The van der Waals surface area contributed by atoms with Gasteiger partial charge in [-0.2, -0.15) is 5.10 Å². The molecule has 0 unspecified atom stereocenters. The average molecular weight is 220 g/mol. The van der Waals surface area contributed by atoms with Gasteiger partial charge in [0.1, 0.15) is 0 Å². The molecule has 4 heteroatoms. The van der Waals surface area contributed by atoms with Crippen molar-refractivity contribution in [3.8, 4) is 0 Å². The van der Waals surface area contributed by atoms with Crippen molar-refractivity contribution in [1.29, 1.82) is 0 Å². The van der Waals surface area contributed by atoms with Crippen molar-refractivity contribution < 1.29 is 9.21 Å². The maximum Gasteiger partial charge on any atom is 0.307 e. The van der Waals surface area contributed by atoms with Crippen molar-refractivity contribution in [2.75, 3.05) is 0 Å². The molecule has 2 rings (SSSR count). The molecule has 86 valence electrons. The van der Waals surface area contributed by atoms with E-state index in [-0.39, 0.29) is 5.91 Å². The summed E-state index contributed by atoms with van der Waals surface area (Å²) in [5, 5.41) is 4.15. The number of carbonyl (C=O) groups is 1. The number of hydrogen-bond acceptors (Lipinski definition) is 3. The monoisotopic (exact) mass is 220 g/mol. The van der Waals surface area contributed by atoms with Crippen LogP contribution in [0.5, 0.6) is 0 Å². The molecule has 0 aromatic carbocycles. The van der Waals surface area contributed by atoms with E-state index in [1.807, 2.05) is 0 Å². The molecule has 1 atom stereocenters. The number of furan rings is 1. The molecule has 1 aromatic rings. The maximum absolute atomic E-state index is 11.5. The van der Waals surface area contributed by atoms with Crippen LogP contribution in [0, 0.1) is 5.92 Å². The molecule has 1 amide bonds. The van der Waals surface area contributed by atoms with Crippen molar-refractivity contribution in [1.82, 2.24) is 5.43 Å².